The summed E-state index contributed by atoms with van der Waals surface area (Å²) in [5.41, 5.74) is 2.99. The van der Waals surface area contributed by atoms with E-state index in [0.29, 0.717) is 6.04 Å². The predicted octanol–water partition coefficient (Wildman–Crippen LogP) is 0.841. The van der Waals surface area contributed by atoms with Gasteiger partial charge in [0.1, 0.15) is 0 Å². The van der Waals surface area contributed by atoms with Gasteiger partial charge in [-0.2, -0.15) is 0 Å². The Labute approximate surface area is 77.2 Å². The van der Waals surface area contributed by atoms with Gasteiger partial charge in [-0.05, 0) is 14.0 Å². The minimum absolute atomic E-state index is 0.517. The van der Waals surface area contributed by atoms with Gasteiger partial charge in [0, 0.05) is 24.5 Å². The monoisotopic (exact) mass is 185 g/mol. The van der Waals surface area contributed by atoms with Crippen molar-refractivity contribution in [3.05, 3.63) is 16.6 Å². The van der Waals surface area contributed by atoms with E-state index in [1.165, 1.54) is 0 Å². The Bertz CT molecular complexity index is 198. The Morgan fingerprint density at radius 2 is 2.50 bits per heavy atom. The Kier molecular flexibility index (Phi) is 4.21. The van der Waals surface area contributed by atoms with Crippen LogP contribution >= 0.6 is 11.3 Å². The molecular weight excluding hydrogens is 170 g/mol. The first-order valence-corrected chi connectivity index (χ1v) is 5.02. The maximum absolute atomic E-state index is 4.17. The van der Waals surface area contributed by atoms with Crippen molar-refractivity contribution >= 4 is 11.3 Å². The van der Waals surface area contributed by atoms with Crippen LogP contribution in [0.4, 0.5) is 0 Å². The number of likely N-dealkylation sites (N-methyl/N-ethyl adjacent to an activating group) is 1. The maximum Gasteiger partial charge on any atom is 0.0795 e. The van der Waals surface area contributed by atoms with Crippen LogP contribution in [0.25, 0.3) is 0 Å². The van der Waals surface area contributed by atoms with Crippen LogP contribution in [0.2, 0.25) is 0 Å². The lowest BCUT2D eigenvalue weighted by atomic mass is 10.3. The van der Waals surface area contributed by atoms with E-state index in [4.69, 9.17) is 0 Å². The summed E-state index contributed by atoms with van der Waals surface area (Å²) in [6, 6.07) is 0.517. The third kappa shape index (κ3) is 3.30. The highest BCUT2D eigenvalue weighted by Gasteiger charge is 1.97. The lowest BCUT2D eigenvalue weighted by molar-refractivity contribution is 0.538. The summed E-state index contributed by atoms with van der Waals surface area (Å²) < 4.78 is 0. The van der Waals surface area contributed by atoms with Crippen LogP contribution in [0.5, 0.6) is 0 Å². The van der Waals surface area contributed by atoms with E-state index >= 15 is 0 Å². The second-order valence-electron chi connectivity index (χ2n) is 2.80. The van der Waals surface area contributed by atoms with E-state index < -0.39 is 0 Å². The Morgan fingerprint density at radius 1 is 1.67 bits per heavy atom. The zero-order valence-corrected chi connectivity index (χ0v) is 8.32. The van der Waals surface area contributed by atoms with Crippen LogP contribution in [-0.4, -0.2) is 24.6 Å². The molecular formula is C8H15N3S. The fourth-order valence-electron chi connectivity index (χ4n) is 0.844. The van der Waals surface area contributed by atoms with Gasteiger partial charge in [0.25, 0.3) is 0 Å². The molecule has 0 aliphatic rings. The average Bonchev–Trinajstić information content (AvgIpc) is 2.57. The fourth-order valence-corrected chi connectivity index (χ4v) is 1.40. The van der Waals surface area contributed by atoms with Gasteiger partial charge in [-0.1, -0.05) is 0 Å². The van der Waals surface area contributed by atoms with Gasteiger partial charge in [0.2, 0.25) is 0 Å². The quantitative estimate of drug-likeness (QED) is 0.714. The molecule has 12 heavy (non-hydrogen) atoms. The molecule has 1 unspecified atom stereocenters. The van der Waals surface area contributed by atoms with Crippen molar-refractivity contribution < 1.29 is 0 Å². The highest BCUT2D eigenvalue weighted by atomic mass is 32.1. The van der Waals surface area contributed by atoms with Crippen molar-refractivity contribution in [3.63, 3.8) is 0 Å². The molecule has 0 aliphatic carbocycles. The zero-order valence-electron chi connectivity index (χ0n) is 7.50. The Hall–Kier alpha value is -0.450. The van der Waals surface area contributed by atoms with Crippen molar-refractivity contribution in [1.29, 1.82) is 0 Å². The van der Waals surface area contributed by atoms with E-state index in [2.05, 4.69) is 27.9 Å². The molecule has 0 bridgehead atoms. The molecule has 0 fully saturated rings. The lowest BCUT2D eigenvalue weighted by Crippen LogP contribution is -2.33. The SMILES string of the molecule is CNC(C)CNCc1cscn1. The number of nitrogens with one attached hydrogen (secondary N) is 2. The standard InChI is InChI=1S/C8H15N3S/c1-7(9-2)3-10-4-8-5-12-6-11-8/h5-7,9-10H,3-4H2,1-2H3. The second kappa shape index (κ2) is 5.24. The van der Waals surface area contributed by atoms with Gasteiger partial charge < -0.3 is 10.6 Å². The summed E-state index contributed by atoms with van der Waals surface area (Å²) in [6.07, 6.45) is 0. The Balaban J connectivity index is 2.11. The van der Waals surface area contributed by atoms with E-state index in [1.54, 1.807) is 11.3 Å². The summed E-state index contributed by atoms with van der Waals surface area (Å²) in [5, 5.41) is 8.55. The van der Waals surface area contributed by atoms with Crippen LogP contribution in [0.15, 0.2) is 10.9 Å². The predicted molar refractivity (Wildman–Crippen MR) is 52.3 cm³/mol. The third-order valence-corrected chi connectivity index (χ3v) is 2.37. The molecule has 0 amide bonds. The molecule has 1 aromatic heterocycles. The minimum Gasteiger partial charge on any atom is -0.316 e. The molecule has 68 valence electrons. The average molecular weight is 185 g/mol. The molecule has 1 heterocycles. The summed E-state index contributed by atoms with van der Waals surface area (Å²) >= 11 is 1.64. The van der Waals surface area contributed by atoms with E-state index in [9.17, 15) is 0 Å². The van der Waals surface area contributed by atoms with Crippen LogP contribution in [-0.2, 0) is 6.54 Å². The Morgan fingerprint density at radius 3 is 3.08 bits per heavy atom. The molecule has 0 radical (unpaired) electrons. The fraction of sp³-hybridized carbons (Fsp3) is 0.625. The molecule has 0 saturated carbocycles. The molecule has 0 aromatic carbocycles. The molecule has 0 spiro atoms. The van der Waals surface area contributed by atoms with E-state index in [0.717, 1.165) is 18.8 Å². The summed E-state index contributed by atoms with van der Waals surface area (Å²) in [5.74, 6) is 0. The first-order valence-electron chi connectivity index (χ1n) is 4.08. The van der Waals surface area contributed by atoms with Gasteiger partial charge in [-0.25, -0.2) is 4.98 Å². The molecule has 4 heteroatoms. The first-order chi connectivity index (χ1) is 5.83. The molecule has 2 N–H and O–H groups in total. The summed E-state index contributed by atoms with van der Waals surface area (Å²) in [6.45, 7) is 4.00. The number of thiazole rings is 1. The minimum atomic E-state index is 0.517. The van der Waals surface area contributed by atoms with Gasteiger partial charge in [0.05, 0.1) is 11.2 Å². The highest BCUT2D eigenvalue weighted by molar-refractivity contribution is 7.07. The van der Waals surface area contributed by atoms with Gasteiger partial charge in [-0.3, -0.25) is 0 Å². The molecule has 0 saturated heterocycles. The molecule has 1 rings (SSSR count). The summed E-state index contributed by atoms with van der Waals surface area (Å²) in [4.78, 5) is 4.17. The summed E-state index contributed by atoms with van der Waals surface area (Å²) in [7, 11) is 1.97. The smallest absolute Gasteiger partial charge is 0.0795 e. The van der Waals surface area contributed by atoms with Crippen LogP contribution in [0.3, 0.4) is 0 Å². The molecule has 3 nitrogen and oxygen atoms in total. The van der Waals surface area contributed by atoms with Crippen molar-refractivity contribution in [1.82, 2.24) is 15.6 Å². The van der Waals surface area contributed by atoms with Gasteiger partial charge in [-0.15, -0.1) is 11.3 Å². The number of hydrogen-bond donors (Lipinski definition) is 2. The van der Waals surface area contributed by atoms with E-state index in [1.807, 2.05) is 12.6 Å². The maximum atomic E-state index is 4.17. The normalized spacial score (nSPS) is 13.2. The van der Waals surface area contributed by atoms with Crippen molar-refractivity contribution in [2.24, 2.45) is 0 Å². The number of rotatable bonds is 5. The van der Waals surface area contributed by atoms with Crippen molar-refractivity contribution in [3.8, 4) is 0 Å². The van der Waals surface area contributed by atoms with Gasteiger partial charge in [0.15, 0.2) is 0 Å². The number of aromatic nitrogens is 1. The largest absolute Gasteiger partial charge is 0.316 e. The van der Waals surface area contributed by atoms with Crippen molar-refractivity contribution in [2.75, 3.05) is 13.6 Å². The first kappa shape index (κ1) is 9.64. The number of hydrogen-bond acceptors (Lipinski definition) is 4. The van der Waals surface area contributed by atoms with E-state index in [-0.39, 0.29) is 0 Å². The van der Waals surface area contributed by atoms with Crippen LogP contribution in [0.1, 0.15) is 12.6 Å². The zero-order chi connectivity index (χ0) is 8.81. The second-order valence-corrected chi connectivity index (χ2v) is 3.52. The number of nitrogens with zero attached hydrogens (tertiary/aromatic N) is 1. The van der Waals surface area contributed by atoms with Crippen LogP contribution < -0.4 is 10.6 Å². The molecule has 1 atom stereocenters. The molecule has 0 aliphatic heterocycles. The third-order valence-electron chi connectivity index (χ3n) is 1.73. The molecule has 1 aromatic rings. The van der Waals surface area contributed by atoms with Crippen molar-refractivity contribution in [2.45, 2.75) is 19.5 Å². The topological polar surface area (TPSA) is 37.0 Å². The highest BCUT2D eigenvalue weighted by Crippen LogP contribution is 1.99. The van der Waals surface area contributed by atoms with Crippen LogP contribution in [0, 0.1) is 0 Å². The van der Waals surface area contributed by atoms with Gasteiger partial charge >= 0.3 is 0 Å². The lowest BCUT2D eigenvalue weighted by Gasteiger charge is -2.09.